The Morgan fingerprint density at radius 1 is 1.00 bits per heavy atom. The van der Waals surface area contributed by atoms with Gasteiger partial charge in [0.05, 0.1) is 7.11 Å². The van der Waals surface area contributed by atoms with Crippen molar-refractivity contribution in [2.75, 3.05) is 7.11 Å². The molecule has 0 aromatic heterocycles. The molecular formula is C18H17F3O. The van der Waals surface area contributed by atoms with E-state index >= 15 is 0 Å². The van der Waals surface area contributed by atoms with Crippen LogP contribution in [0.1, 0.15) is 30.0 Å². The molecule has 2 aromatic carbocycles. The monoisotopic (exact) mass is 306 g/mol. The van der Waals surface area contributed by atoms with E-state index in [0.717, 1.165) is 12.0 Å². The first-order valence-electron chi connectivity index (χ1n) is 7.05. The zero-order valence-electron chi connectivity index (χ0n) is 12.5. The molecule has 0 aliphatic heterocycles. The van der Waals surface area contributed by atoms with Crippen molar-refractivity contribution in [1.29, 1.82) is 0 Å². The Morgan fingerprint density at radius 3 is 2.23 bits per heavy atom. The topological polar surface area (TPSA) is 9.23 Å². The molecule has 0 unspecified atom stereocenters. The van der Waals surface area contributed by atoms with E-state index in [1.807, 2.05) is 6.92 Å². The number of hydrogen-bond acceptors (Lipinski definition) is 1. The van der Waals surface area contributed by atoms with Crippen LogP contribution in [0.4, 0.5) is 13.2 Å². The summed E-state index contributed by atoms with van der Waals surface area (Å²) in [7, 11) is 1.48. The first kappa shape index (κ1) is 16.1. The van der Waals surface area contributed by atoms with Crippen LogP contribution in [0.3, 0.4) is 0 Å². The van der Waals surface area contributed by atoms with Crippen molar-refractivity contribution in [3.05, 3.63) is 65.0 Å². The average Bonchev–Trinajstić information content (AvgIpc) is 2.54. The van der Waals surface area contributed by atoms with Crippen molar-refractivity contribution in [3.8, 4) is 5.75 Å². The summed E-state index contributed by atoms with van der Waals surface area (Å²) in [5, 5.41) is 0. The Hall–Kier alpha value is -2.23. The van der Waals surface area contributed by atoms with E-state index in [1.165, 1.54) is 43.5 Å². The predicted molar refractivity (Wildman–Crippen MR) is 82.4 cm³/mol. The fourth-order valence-electron chi connectivity index (χ4n) is 2.16. The summed E-state index contributed by atoms with van der Waals surface area (Å²) < 4.78 is 47.3. The highest BCUT2D eigenvalue weighted by Crippen LogP contribution is 2.31. The summed E-state index contributed by atoms with van der Waals surface area (Å²) in [6.45, 7) is 1.97. The van der Waals surface area contributed by atoms with E-state index < -0.39 is 17.5 Å². The summed E-state index contributed by atoms with van der Waals surface area (Å²) in [6.07, 6.45) is 1.56. The average molecular weight is 306 g/mol. The third-order valence-electron chi connectivity index (χ3n) is 3.34. The number of halogens is 3. The Morgan fingerprint density at radius 2 is 1.68 bits per heavy atom. The maximum atomic E-state index is 14.2. The van der Waals surface area contributed by atoms with Gasteiger partial charge in [0.1, 0.15) is 11.6 Å². The molecule has 0 N–H and O–H groups in total. The number of benzene rings is 2. The summed E-state index contributed by atoms with van der Waals surface area (Å²) >= 11 is 0. The second-order valence-corrected chi connectivity index (χ2v) is 4.92. The first-order chi connectivity index (χ1) is 10.6. The van der Waals surface area contributed by atoms with Crippen LogP contribution in [0.2, 0.25) is 0 Å². The van der Waals surface area contributed by atoms with Gasteiger partial charge in [-0.15, -0.1) is 0 Å². The van der Waals surface area contributed by atoms with Gasteiger partial charge in [-0.3, -0.25) is 0 Å². The number of hydrogen-bond donors (Lipinski definition) is 0. The molecule has 2 rings (SSSR count). The highest BCUT2D eigenvalue weighted by atomic mass is 19.2. The molecule has 0 spiro atoms. The summed E-state index contributed by atoms with van der Waals surface area (Å²) in [4.78, 5) is 0. The summed E-state index contributed by atoms with van der Waals surface area (Å²) in [5.41, 5.74) is 0.435. The Balaban J connectivity index is 2.37. The van der Waals surface area contributed by atoms with Crippen molar-refractivity contribution in [1.82, 2.24) is 0 Å². The molecule has 22 heavy (non-hydrogen) atoms. The van der Waals surface area contributed by atoms with Gasteiger partial charge in [0.15, 0.2) is 11.7 Å². The van der Waals surface area contributed by atoms with Gasteiger partial charge in [0, 0.05) is 11.1 Å². The molecule has 0 atom stereocenters. The highest BCUT2D eigenvalue weighted by Gasteiger charge is 2.15. The van der Waals surface area contributed by atoms with Crippen LogP contribution >= 0.6 is 0 Å². The number of ether oxygens (including phenoxy) is 1. The van der Waals surface area contributed by atoms with E-state index in [9.17, 15) is 13.2 Å². The fourth-order valence-corrected chi connectivity index (χ4v) is 2.16. The van der Waals surface area contributed by atoms with Gasteiger partial charge >= 0.3 is 0 Å². The predicted octanol–water partition coefficient (Wildman–Crippen LogP) is 5.55. The standard InChI is InChI=1S/C18H17F3O/c1-3-4-12-5-10-15(16(19)11-12)18(21)17(20)13-6-8-14(22-2)9-7-13/h5-11H,3-4H2,1-2H3/b18-17+. The van der Waals surface area contributed by atoms with Crippen molar-refractivity contribution >= 4 is 11.7 Å². The lowest BCUT2D eigenvalue weighted by Gasteiger charge is -2.06. The first-order valence-corrected chi connectivity index (χ1v) is 7.05. The minimum absolute atomic E-state index is 0.0373. The Labute approximate surface area is 128 Å². The molecule has 0 amide bonds. The molecule has 116 valence electrons. The van der Waals surface area contributed by atoms with E-state index in [2.05, 4.69) is 0 Å². The number of aryl methyl sites for hydroxylation is 1. The van der Waals surface area contributed by atoms with Crippen LogP contribution in [0.5, 0.6) is 5.75 Å². The Bertz CT molecular complexity index is 675. The van der Waals surface area contributed by atoms with Crippen LogP contribution in [0.25, 0.3) is 11.7 Å². The maximum Gasteiger partial charge on any atom is 0.169 e. The van der Waals surface area contributed by atoms with E-state index in [-0.39, 0.29) is 11.1 Å². The van der Waals surface area contributed by atoms with Crippen molar-refractivity contribution < 1.29 is 17.9 Å². The fraction of sp³-hybridized carbons (Fsp3) is 0.222. The van der Waals surface area contributed by atoms with Gasteiger partial charge in [0.25, 0.3) is 0 Å². The molecule has 0 aliphatic carbocycles. The minimum Gasteiger partial charge on any atom is -0.497 e. The van der Waals surface area contributed by atoms with Gasteiger partial charge in [-0.05, 0) is 48.4 Å². The zero-order valence-corrected chi connectivity index (χ0v) is 12.5. The van der Waals surface area contributed by atoms with E-state index in [0.29, 0.717) is 12.2 Å². The van der Waals surface area contributed by atoms with Crippen LogP contribution in [0.15, 0.2) is 42.5 Å². The second-order valence-electron chi connectivity index (χ2n) is 4.92. The molecule has 0 heterocycles. The van der Waals surface area contributed by atoms with Gasteiger partial charge in [-0.25, -0.2) is 13.2 Å². The van der Waals surface area contributed by atoms with Crippen molar-refractivity contribution in [2.24, 2.45) is 0 Å². The lowest BCUT2D eigenvalue weighted by atomic mass is 10.0. The van der Waals surface area contributed by atoms with Crippen molar-refractivity contribution in [3.63, 3.8) is 0 Å². The van der Waals surface area contributed by atoms with E-state index in [4.69, 9.17) is 4.74 Å². The molecule has 4 heteroatoms. The van der Waals surface area contributed by atoms with Crippen LogP contribution in [0, 0.1) is 5.82 Å². The largest absolute Gasteiger partial charge is 0.497 e. The van der Waals surface area contributed by atoms with Gasteiger partial charge in [-0.1, -0.05) is 19.4 Å². The maximum absolute atomic E-state index is 14.2. The highest BCUT2D eigenvalue weighted by molar-refractivity contribution is 5.83. The molecule has 0 bridgehead atoms. The number of methoxy groups -OCH3 is 1. The van der Waals surface area contributed by atoms with E-state index in [1.54, 1.807) is 6.07 Å². The lowest BCUT2D eigenvalue weighted by molar-refractivity contribution is 0.414. The van der Waals surface area contributed by atoms with Crippen LogP contribution < -0.4 is 4.74 Å². The smallest absolute Gasteiger partial charge is 0.169 e. The molecule has 2 aromatic rings. The van der Waals surface area contributed by atoms with Crippen molar-refractivity contribution in [2.45, 2.75) is 19.8 Å². The molecule has 0 saturated carbocycles. The molecular weight excluding hydrogens is 289 g/mol. The molecule has 0 saturated heterocycles. The molecule has 1 nitrogen and oxygen atoms in total. The third-order valence-corrected chi connectivity index (χ3v) is 3.34. The molecule has 0 fully saturated rings. The van der Waals surface area contributed by atoms with Gasteiger partial charge < -0.3 is 4.74 Å². The second kappa shape index (κ2) is 7.16. The normalized spacial score (nSPS) is 12.0. The summed E-state index contributed by atoms with van der Waals surface area (Å²) in [5.74, 6) is -2.52. The lowest BCUT2D eigenvalue weighted by Crippen LogP contribution is -1.92. The SMILES string of the molecule is CCCc1ccc(/C(F)=C(\F)c2ccc(OC)cc2)c(F)c1. The van der Waals surface area contributed by atoms with Gasteiger partial charge in [0.2, 0.25) is 0 Å². The van der Waals surface area contributed by atoms with Gasteiger partial charge in [-0.2, -0.15) is 0 Å². The quantitative estimate of drug-likeness (QED) is 0.658. The zero-order chi connectivity index (χ0) is 16.1. The van der Waals surface area contributed by atoms with Crippen LogP contribution in [-0.4, -0.2) is 7.11 Å². The third kappa shape index (κ3) is 3.50. The Kier molecular flexibility index (Phi) is 5.26. The molecule has 0 radical (unpaired) electrons. The minimum atomic E-state index is -1.20. The summed E-state index contributed by atoms with van der Waals surface area (Å²) in [6, 6.07) is 9.95. The molecule has 0 aliphatic rings. The number of rotatable bonds is 5. The van der Waals surface area contributed by atoms with Crippen LogP contribution in [-0.2, 0) is 6.42 Å².